The molecule has 0 heterocycles. The number of hydrogen-bond donors (Lipinski definition) is 0. The maximum atomic E-state index is 13.0. The number of ether oxygens (including phenoxy) is 3. The van der Waals surface area contributed by atoms with Gasteiger partial charge in [0.1, 0.15) is 0 Å². The standard InChI is InChI=1S/C29H58N2O5/c1-9-13-15-26(32)30(17-21-34-19-11-3)23-28(5,6)24-36-25-29(7,8)31(18-22-35-20-12-4)27(33)16-14-10-2/h9-25H2,1-8H3. The molecule has 0 atom stereocenters. The highest BCUT2D eigenvalue weighted by Gasteiger charge is 2.32. The van der Waals surface area contributed by atoms with Crippen LogP contribution in [-0.4, -0.2) is 86.4 Å². The van der Waals surface area contributed by atoms with Crippen LogP contribution >= 0.6 is 0 Å². The van der Waals surface area contributed by atoms with E-state index < -0.39 is 5.54 Å². The minimum Gasteiger partial charge on any atom is -0.380 e. The fourth-order valence-corrected chi connectivity index (χ4v) is 4.05. The van der Waals surface area contributed by atoms with Crippen molar-refractivity contribution >= 4 is 11.8 Å². The predicted molar refractivity (Wildman–Crippen MR) is 148 cm³/mol. The maximum Gasteiger partial charge on any atom is 0.223 e. The Bertz CT molecular complexity index is 580. The lowest BCUT2D eigenvalue weighted by atomic mass is 9.93. The number of unbranched alkanes of at least 4 members (excludes halogenated alkanes) is 2. The van der Waals surface area contributed by atoms with E-state index in [1.54, 1.807) is 0 Å². The summed E-state index contributed by atoms with van der Waals surface area (Å²) in [5.74, 6) is 0.342. The normalized spacial score (nSPS) is 12.1. The number of nitrogens with zero attached hydrogens (tertiary/aromatic N) is 2. The van der Waals surface area contributed by atoms with Crippen molar-refractivity contribution in [3.63, 3.8) is 0 Å². The van der Waals surface area contributed by atoms with Gasteiger partial charge >= 0.3 is 0 Å². The van der Waals surface area contributed by atoms with Crippen LogP contribution in [0.5, 0.6) is 0 Å². The van der Waals surface area contributed by atoms with Gasteiger partial charge in [-0.15, -0.1) is 0 Å². The van der Waals surface area contributed by atoms with Crippen LogP contribution in [0.25, 0.3) is 0 Å². The molecule has 2 amide bonds. The van der Waals surface area contributed by atoms with Crippen molar-refractivity contribution in [1.82, 2.24) is 9.80 Å². The Morgan fingerprint density at radius 3 is 1.69 bits per heavy atom. The minimum absolute atomic E-state index is 0.157. The van der Waals surface area contributed by atoms with Crippen molar-refractivity contribution in [2.45, 2.75) is 112 Å². The summed E-state index contributed by atoms with van der Waals surface area (Å²) in [4.78, 5) is 29.7. The molecule has 0 saturated heterocycles. The smallest absolute Gasteiger partial charge is 0.223 e. The zero-order valence-corrected chi connectivity index (χ0v) is 25.0. The van der Waals surface area contributed by atoms with Crippen LogP contribution in [0.2, 0.25) is 0 Å². The highest BCUT2D eigenvalue weighted by atomic mass is 16.5. The molecule has 0 radical (unpaired) electrons. The summed E-state index contributed by atoms with van der Waals surface area (Å²) in [7, 11) is 0. The first-order chi connectivity index (χ1) is 17.0. The predicted octanol–water partition coefficient (Wildman–Crippen LogP) is 5.70. The van der Waals surface area contributed by atoms with Crippen molar-refractivity contribution in [3.05, 3.63) is 0 Å². The molecular formula is C29H58N2O5. The SMILES string of the molecule is CCCCC(=O)N(CCOCCC)CC(C)(C)COCC(C)(C)N(CCOCCC)C(=O)CCCC. The topological polar surface area (TPSA) is 68.3 Å². The van der Waals surface area contributed by atoms with Gasteiger partial charge < -0.3 is 24.0 Å². The molecule has 0 aliphatic carbocycles. The van der Waals surface area contributed by atoms with Gasteiger partial charge in [-0.25, -0.2) is 0 Å². The van der Waals surface area contributed by atoms with Gasteiger partial charge in [0.05, 0.1) is 32.0 Å². The fourth-order valence-electron chi connectivity index (χ4n) is 4.05. The van der Waals surface area contributed by atoms with Crippen molar-refractivity contribution in [1.29, 1.82) is 0 Å². The molecule has 0 aliphatic rings. The molecule has 7 heteroatoms. The van der Waals surface area contributed by atoms with Crippen molar-refractivity contribution in [3.8, 4) is 0 Å². The quantitative estimate of drug-likeness (QED) is 0.164. The van der Waals surface area contributed by atoms with E-state index in [2.05, 4.69) is 55.4 Å². The van der Waals surface area contributed by atoms with E-state index in [0.717, 1.165) is 45.1 Å². The number of carbonyl (C=O) groups excluding carboxylic acids is 2. The zero-order valence-electron chi connectivity index (χ0n) is 25.0. The van der Waals surface area contributed by atoms with Gasteiger partial charge in [0.2, 0.25) is 11.8 Å². The summed E-state index contributed by atoms with van der Waals surface area (Å²) in [6.45, 7) is 22.0. The molecule has 36 heavy (non-hydrogen) atoms. The third-order valence-corrected chi connectivity index (χ3v) is 6.10. The van der Waals surface area contributed by atoms with Gasteiger partial charge in [0, 0.05) is 51.1 Å². The lowest BCUT2D eigenvalue weighted by molar-refractivity contribution is -0.142. The molecule has 0 bridgehead atoms. The van der Waals surface area contributed by atoms with Crippen molar-refractivity contribution < 1.29 is 23.8 Å². The van der Waals surface area contributed by atoms with Crippen LogP contribution in [0.15, 0.2) is 0 Å². The molecule has 0 aliphatic heterocycles. The molecule has 0 fully saturated rings. The van der Waals surface area contributed by atoms with E-state index in [0.29, 0.717) is 65.5 Å². The zero-order chi connectivity index (χ0) is 27.5. The van der Waals surface area contributed by atoms with Crippen LogP contribution in [0.3, 0.4) is 0 Å². The summed E-state index contributed by atoms with van der Waals surface area (Å²) in [6.07, 6.45) is 6.85. The molecule has 0 aromatic heterocycles. The van der Waals surface area contributed by atoms with E-state index in [-0.39, 0.29) is 17.2 Å². The van der Waals surface area contributed by atoms with Crippen molar-refractivity contribution in [2.24, 2.45) is 5.41 Å². The molecule has 7 nitrogen and oxygen atoms in total. The average molecular weight is 515 g/mol. The molecule has 0 saturated carbocycles. The molecule has 214 valence electrons. The number of hydrogen-bond acceptors (Lipinski definition) is 5. The first-order valence-corrected chi connectivity index (χ1v) is 14.4. The maximum absolute atomic E-state index is 13.0. The van der Waals surface area contributed by atoms with Gasteiger partial charge in [-0.05, 0) is 39.5 Å². The Morgan fingerprint density at radius 2 is 1.17 bits per heavy atom. The average Bonchev–Trinajstić information content (AvgIpc) is 2.82. The molecular weight excluding hydrogens is 456 g/mol. The Labute approximate surface area is 222 Å². The van der Waals surface area contributed by atoms with E-state index in [1.807, 2.05) is 9.80 Å². The van der Waals surface area contributed by atoms with Gasteiger partial charge in [-0.3, -0.25) is 9.59 Å². The fraction of sp³-hybridized carbons (Fsp3) is 0.931. The van der Waals surface area contributed by atoms with Gasteiger partial charge in [-0.2, -0.15) is 0 Å². The summed E-state index contributed by atoms with van der Waals surface area (Å²) in [5, 5.41) is 0. The Morgan fingerprint density at radius 1 is 0.639 bits per heavy atom. The van der Waals surface area contributed by atoms with Gasteiger partial charge in [-0.1, -0.05) is 54.4 Å². The minimum atomic E-state index is -0.443. The Balaban J connectivity index is 5.07. The van der Waals surface area contributed by atoms with Crippen LogP contribution < -0.4 is 0 Å². The molecule has 0 spiro atoms. The third-order valence-electron chi connectivity index (χ3n) is 6.10. The van der Waals surface area contributed by atoms with Crippen LogP contribution in [0.4, 0.5) is 0 Å². The summed E-state index contributed by atoms with van der Waals surface area (Å²) in [5.41, 5.74) is -0.662. The third kappa shape index (κ3) is 15.8. The van der Waals surface area contributed by atoms with Crippen molar-refractivity contribution in [2.75, 3.05) is 59.3 Å². The van der Waals surface area contributed by atoms with Gasteiger partial charge in [0.25, 0.3) is 0 Å². The van der Waals surface area contributed by atoms with Crippen LogP contribution in [0, 0.1) is 5.41 Å². The molecule has 0 rings (SSSR count). The molecule has 0 aromatic carbocycles. The van der Waals surface area contributed by atoms with Crippen LogP contribution in [0.1, 0.15) is 107 Å². The lowest BCUT2D eigenvalue weighted by Gasteiger charge is -2.40. The van der Waals surface area contributed by atoms with E-state index in [1.165, 1.54) is 0 Å². The highest BCUT2D eigenvalue weighted by molar-refractivity contribution is 5.77. The van der Waals surface area contributed by atoms with E-state index in [4.69, 9.17) is 14.2 Å². The summed E-state index contributed by atoms with van der Waals surface area (Å²) < 4.78 is 17.6. The molecule has 0 unspecified atom stereocenters. The second-order valence-electron chi connectivity index (χ2n) is 11.3. The monoisotopic (exact) mass is 514 g/mol. The number of amides is 2. The second kappa shape index (κ2) is 19.9. The van der Waals surface area contributed by atoms with Gasteiger partial charge in [0.15, 0.2) is 0 Å². The largest absolute Gasteiger partial charge is 0.380 e. The first kappa shape index (κ1) is 34.8. The highest BCUT2D eigenvalue weighted by Crippen LogP contribution is 2.22. The lowest BCUT2D eigenvalue weighted by Crippen LogP contribution is -2.52. The molecule has 0 aromatic rings. The second-order valence-corrected chi connectivity index (χ2v) is 11.3. The number of carbonyl (C=O) groups is 2. The van der Waals surface area contributed by atoms with E-state index in [9.17, 15) is 9.59 Å². The summed E-state index contributed by atoms with van der Waals surface area (Å²) >= 11 is 0. The number of rotatable bonds is 23. The van der Waals surface area contributed by atoms with Crippen LogP contribution in [-0.2, 0) is 23.8 Å². The van der Waals surface area contributed by atoms with E-state index >= 15 is 0 Å². The Kier molecular flexibility index (Phi) is 19.2. The first-order valence-electron chi connectivity index (χ1n) is 14.4. The Hall–Kier alpha value is -1.18. The summed E-state index contributed by atoms with van der Waals surface area (Å²) in [6, 6.07) is 0. The molecule has 0 N–H and O–H groups in total.